The van der Waals surface area contributed by atoms with Crippen molar-refractivity contribution in [2.45, 2.75) is 19.8 Å². The van der Waals surface area contributed by atoms with E-state index in [0.717, 1.165) is 23.4 Å². The lowest BCUT2D eigenvalue weighted by Crippen LogP contribution is -2.33. The number of carbonyl (C=O) groups is 1. The molecule has 0 aliphatic carbocycles. The lowest BCUT2D eigenvalue weighted by molar-refractivity contribution is -0.117. The van der Waals surface area contributed by atoms with E-state index >= 15 is 0 Å². The summed E-state index contributed by atoms with van der Waals surface area (Å²) in [5.41, 5.74) is 2.01. The van der Waals surface area contributed by atoms with Crippen LogP contribution in [-0.4, -0.2) is 16.0 Å². The maximum Gasteiger partial charge on any atom is 0.232 e. The summed E-state index contributed by atoms with van der Waals surface area (Å²) < 4.78 is 0.678. The number of carbonyl (C=O) groups excluding carboxylic acids is 1. The number of thiocarbonyl (C=S) groups is 1. The number of aryl methyl sites for hydroxylation is 1. The van der Waals surface area contributed by atoms with Gasteiger partial charge in [0.05, 0.1) is 5.69 Å². The highest BCUT2D eigenvalue weighted by Gasteiger charge is 2.24. The third-order valence-electron chi connectivity index (χ3n) is 2.55. The third-order valence-corrected chi connectivity index (χ3v) is 4.01. The van der Waals surface area contributed by atoms with Crippen LogP contribution in [0.25, 0.3) is 0 Å². The van der Waals surface area contributed by atoms with Crippen LogP contribution < -0.4 is 4.90 Å². The fourth-order valence-corrected chi connectivity index (χ4v) is 2.95. The van der Waals surface area contributed by atoms with Gasteiger partial charge in [0.25, 0.3) is 0 Å². The fraction of sp³-hybridized carbons (Fsp3) is 0.333. The second kappa shape index (κ2) is 4.97. The van der Waals surface area contributed by atoms with Gasteiger partial charge < -0.3 is 0 Å². The van der Waals surface area contributed by atoms with Crippen LogP contribution in [0.2, 0.25) is 0 Å². The Morgan fingerprint density at radius 1 is 1.38 bits per heavy atom. The molecule has 1 aliphatic heterocycles. The molecule has 1 aromatic rings. The van der Waals surface area contributed by atoms with E-state index in [1.165, 1.54) is 0 Å². The number of para-hydroxylation sites is 1. The lowest BCUT2D eigenvalue weighted by atomic mass is 10.2. The molecule has 0 atom stereocenters. The van der Waals surface area contributed by atoms with E-state index in [4.69, 9.17) is 12.2 Å². The molecule has 1 aliphatic rings. The Morgan fingerprint density at radius 3 is 2.88 bits per heavy atom. The SMILES string of the molecule is Cc1ccccc1N1C(=O)CCCSC1=S. The molecule has 0 unspecified atom stereocenters. The molecular weight excluding hydrogens is 238 g/mol. The Hall–Kier alpha value is -0.870. The number of rotatable bonds is 1. The summed E-state index contributed by atoms with van der Waals surface area (Å²) in [5.74, 6) is 1.05. The van der Waals surface area contributed by atoms with Gasteiger partial charge in [-0.1, -0.05) is 42.2 Å². The average Bonchev–Trinajstić information content (AvgIpc) is 2.42. The number of thioether (sulfide) groups is 1. The van der Waals surface area contributed by atoms with Crippen molar-refractivity contribution in [3.63, 3.8) is 0 Å². The maximum atomic E-state index is 12.0. The van der Waals surface area contributed by atoms with Crippen LogP contribution in [0, 0.1) is 6.92 Å². The van der Waals surface area contributed by atoms with E-state index in [1.807, 2.05) is 31.2 Å². The number of amides is 1. The molecule has 0 aromatic heterocycles. The van der Waals surface area contributed by atoms with Crippen molar-refractivity contribution in [3.8, 4) is 0 Å². The lowest BCUT2D eigenvalue weighted by Gasteiger charge is -2.22. The van der Waals surface area contributed by atoms with Gasteiger partial charge in [-0.05, 0) is 25.0 Å². The quantitative estimate of drug-likeness (QED) is 0.715. The van der Waals surface area contributed by atoms with Crippen LogP contribution in [0.3, 0.4) is 0 Å². The maximum absolute atomic E-state index is 12.0. The summed E-state index contributed by atoms with van der Waals surface area (Å²) in [6.07, 6.45) is 1.49. The van der Waals surface area contributed by atoms with Gasteiger partial charge in [-0.25, -0.2) is 0 Å². The average molecular weight is 251 g/mol. The fourth-order valence-electron chi connectivity index (χ4n) is 1.71. The Morgan fingerprint density at radius 2 is 2.12 bits per heavy atom. The van der Waals surface area contributed by atoms with Crippen LogP contribution in [0.4, 0.5) is 5.69 Å². The number of nitrogens with zero attached hydrogens (tertiary/aromatic N) is 1. The zero-order valence-electron chi connectivity index (χ0n) is 9.10. The summed E-state index contributed by atoms with van der Waals surface area (Å²) in [4.78, 5) is 13.7. The Balaban J connectivity index is 2.40. The van der Waals surface area contributed by atoms with E-state index in [-0.39, 0.29) is 5.91 Å². The highest BCUT2D eigenvalue weighted by Crippen LogP contribution is 2.27. The minimum atomic E-state index is 0.115. The first-order chi connectivity index (χ1) is 7.70. The second-order valence-electron chi connectivity index (χ2n) is 3.73. The van der Waals surface area contributed by atoms with Gasteiger partial charge in [-0.3, -0.25) is 9.69 Å². The highest BCUT2D eigenvalue weighted by atomic mass is 32.2. The van der Waals surface area contributed by atoms with Gasteiger partial charge in [0.1, 0.15) is 4.32 Å². The van der Waals surface area contributed by atoms with E-state index < -0.39 is 0 Å². The summed E-state index contributed by atoms with van der Waals surface area (Å²) in [6.45, 7) is 2.00. The Kier molecular flexibility index (Phi) is 3.61. The molecular formula is C12H13NOS2. The largest absolute Gasteiger partial charge is 0.274 e. The van der Waals surface area contributed by atoms with Crippen LogP contribution >= 0.6 is 24.0 Å². The minimum absolute atomic E-state index is 0.115. The number of anilines is 1. The number of benzene rings is 1. The molecule has 1 amide bonds. The molecule has 0 spiro atoms. The summed E-state index contributed by atoms with van der Waals surface area (Å²) in [5, 5.41) is 0. The first-order valence-corrected chi connectivity index (χ1v) is 6.65. The van der Waals surface area contributed by atoms with E-state index in [1.54, 1.807) is 16.7 Å². The van der Waals surface area contributed by atoms with Gasteiger partial charge in [0.2, 0.25) is 5.91 Å². The Labute approximate surface area is 105 Å². The molecule has 1 heterocycles. The van der Waals surface area contributed by atoms with Gasteiger partial charge in [0.15, 0.2) is 0 Å². The summed E-state index contributed by atoms with van der Waals surface area (Å²) in [6, 6.07) is 7.86. The monoisotopic (exact) mass is 251 g/mol. The van der Waals surface area contributed by atoms with E-state index in [0.29, 0.717) is 10.7 Å². The van der Waals surface area contributed by atoms with Crippen LogP contribution in [0.1, 0.15) is 18.4 Å². The smallest absolute Gasteiger partial charge is 0.232 e. The zero-order chi connectivity index (χ0) is 11.5. The molecule has 84 valence electrons. The molecule has 1 aromatic carbocycles. The third kappa shape index (κ3) is 2.28. The topological polar surface area (TPSA) is 20.3 Å². The van der Waals surface area contributed by atoms with E-state index in [9.17, 15) is 4.79 Å². The van der Waals surface area contributed by atoms with Crippen molar-refractivity contribution in [2.24, 2.45) is 0 Å². The van der Waals surface area contributed by atoms with Crippen molar-refractivity contribution >= 4 is 39.9 Å². The molecule has 0 saturated carbocycles. The molecule has 16 heavy (non-hydrogen) atoms. The van der Waals surface area contributed by atoms with Gasteiger partial charge in [-0.2, -0.15) is 0 Å². The van der Waals surface area contributed by atoms with Gasteiger partial charge >= 0.3 is 0 Å². The van der Waals surface area contributed by atoms with Crippen LogP contribution in [0.5, 0.6) is 0 Å². The van der Waals surface area contributed by atoms with Crippen LogP contribution in [-0.2, 0) is 4.79 Å². The number of hydrogen-bond donors (Lipinski definition) is 0. The predicted molar refractivity (Wildman–Crippen MR) is 73.0 cm³/mol. The van der Waals surface area contributed by atoms with E-state index in [2.05, 4.69) is 0 Å². The van der Waals surface area contributed by atoms with Crippen molar-refractivity contribution in [1.29, 1.82) is 0 Å². The minimum Gasteiger partial charge on any atom is -0.274 e. The highest BCUT2D eigenvalue weighted by molar-refractivity contribution is 8.23. The molecule has 0 N–H and O–H groups in total. The normalized spacial score (nSPS) is 17.4. The molecule has 2 nitrogen and oxygen atoms in total. The molecule has 4 heteroatoms. The van der Waals surface area contributed by atoms with Crippen molar-refractivity contribution < 1.29 is 4.79 Å². The first kappa shape index (κ1) is 11.6. The van der Waals surface area contributed by atoms with Gasteiger partial charge in [0, 0.05) is 12.2 Å². The number of hydrogen-bond acceptors (Lipinski definition) is 3. The molecule has 1 fully saturated rings. The van der Waals surface area contributed by atoms with Crippen molar-refractivity contribution in [2.75, 3.05) is 10.7 Å². The second-order valence-corrected chi connectivity index (χ2v) is 5.46. The van der Waals surface area contributed by atoms with Gasteiger partial charge in [-0.15, -0.1) is 0 Å². The van der Waals surface area contributed by atoms with Crippen molar-refractivity contribution in [3.05, 3.63) is 29.8 Å². The Bertz CT molecular complexity index is 413. The first-order valence-electron chi connectivity index (χ1n) is 5.25. The zero-order valence-corrected chi connectivity index (χ0v) is 10.7. The summed E-state index contributed by atoms with van der Waals surface area (Å²) in [7, 11) is 0. The molecule has 1 saturated heterocycles. The van der Waals surface area contributed by atoms with Crippen LogP contribution in [0.15, 0.2) is 24.3 Å². The van der Waals surface area contributed by atoms with Crippen molar-refractivity contribution in [1.82, 2.24) is 0 Å². The molecule has 0 radical (unpaired) electrons. The standard InChI is InChI=1S/C12H13NOS2/c1-9-5-2-3-6-10(9)13-11(14)7-4-8-16-12(13)15/h2-3,5-6H,4,7-8H2,1H3. The molecule has 0 bridgehead atoms. The molecule has 2 rings (SSSR count). The predicted octanol–water partition coefficient (Wildman–Crippen LogP) is 3.14. The summed E-state index contributed by atoms with van der Waals surface area (Å²) >= 11 is 6.89.